The number of nitrogens with one attached hydrogen (secondary N) is 4. The average Bonchev–Trinajstić information content (AvgIpc) is 2.95. The van der Waals surface area contributed by atoms with E-state index < -0.39 is 31.5 Å². The van der Waals surface area contributed by atoms with Crippen molar-refractivity contribution in [2.45, 2.75) is 31.8 Å². The van der Waals surface area contributed by atoms with Crippen LogP contribution in [0.3, 0.4) is 0 Å². The summed E-state index contributed by atoms with van der Waals surface area (Å²) in [5, 5.41) is 15.8. The molecule has 2 aromatic rings. The molecule has 6 N–H and O–H groups in total. The van der Waals surface area contributed by atoms with E-state index in [-0.39, 0.29) is 46.1 Å². The van der Waals surface area contributed by atoms with Crippen molar-refractivity contribution in [3.8, 4) is 5.75 Å². The second-order valence-corrected chi connectivity index (χ2v) is 11.9. The van der Waals surface area contributed by atoms with E-state index in [0.717, 1.165) is 6.21 Å². The van der Waals surface area contributed by atoms with Crippen LogP contribution in [-0.4, -0.2) is 61.0 Å². The molecule has 2 amide bonds. The zero-order chi connectivity index (χ0) is 30.2. The number of nitrogens with two attached hydrogens (primary N) is 1. The summed E-state index contributed by atoms with van der Waals surface area (Å²) in [7, 11) is -2.52. The standard InChI is InChI=1S/C26H31Cl2N6O6P/c1-16(26(37)39-2)33-41(38,40-18-7-4-3-5-8-18)34-13-11-17(12-14-34)31-25(36)23(30)21(15-29)32-24(35)22-19(27)9-6-10-20(22)28/h3-10,15-17,29H,11-14,30H2,1-2H3,(H,31,36)(H,32,35)(H,33,38)/b23-21+,29-15?/t16-,41?/m0/s1. The molecule has 0 bridgehead atoms. The van der Waals surface area contributed by atoms with Crippen molar-refractivity contribution in [2.24, 2.45) is 5.73 Å². The van der Waals surface area contributed by atoms with E-state index in [1.54, 1.807) is 41.1 Å². The van der Waals surface area contributed by atoms with Crippen LogP contribution in [0.25, 0.3) is 0 Å². The second-order valence-electron chi connectivity index (χ2n) is 9.02. The number of nitrogens with zero attached hydrogens (tertiary/aromatic N) is 1. The number of rotatable bonds is 11. The molecule has 1 aliphatic heterocycles. The largest absolute Gasteiger partial charge is 0.468 e. The predicted octanol–water partition coefficient (Wildman–Crippen LogP) is 3.46. The number of carbonyl (C=O) groups excluding carboxylic acids is 3. The molecule has 1 saturated heterocycles. The molecule has 220 valence electrons. The van der Waals surface area contributed by atoms with Gasteiger partial charge in [-0.3, -0.25) is 14.4 Å². The second kappa shape index (κ2) is 14.5. The lowest BCUT2D eigenvalue weighted by atomic mass is 10.1. The van der Waals surface area contributed by atoms with E-state index in [2.05, 4.69) is 15.7 Å². The molecule has 15 heteroatoms. The van der Waals surface area contributed by atoms with Crippen molar-refractivity contribution >= 4 is 54.9 Å². The summed E-state index contributed by atoms with van der Waals surface area (Å²) in [5.41, 5.74) is 5.34. The third-order valence-electron chi connectivity index (χ3n) is 6.18. The van der Waals surface area contributed by atoms with Crippen LogP contribution < -0.4 is 26.0 Å². The zero-order valence-corrected chi connectivity index (χ0v) is 24.8. The maximum atomic E-state index is 14.0. The number of para-hydroxylation sites is 1. The molecule has 0 radical (unpaired) electrons. The predicted molar refractivity (Wildman–Crippen MR) is 156 cm³/mol. The highest BCUT2D eigenvalue weighted by atomic mass is 35.5. The number of hydrogen-bond donors (Lipinski definition) is 5. The van der Waals surface area contributed by atoms with E-state index in [4.69, 9.17) is 43.6 Å². The van der Waals surface area contributed by atoms with E-state index >= 15 is 0 Å². The number of piperidine rings is 1. The number of allylic oxidation sites excluding steroid dienone is 1. The van der Waals surface area contributed by atoms with Crippen LogP contribution >= 0.6 is 30.9 Å². The van der Waals surface area contributed by atoms with Gasteiger partial charge in [-0.1, -0.05) is 47.5 Å². The van der Waals surface area contributed by atoms with Crippen LogP contribution in [0.2, 0.25) is 10.0 Å². The first-order chi connectivity index (χ1) is 19.5. The van der Waals surface area contributed by atoms with E-state index in [0.29, 0.717) is 18.6 Å². The number of halogens is 2. The Morgan fingerprint density at radius 1 is 1.10 bits per heavy atom. The Bertz CT molecular complexity index is 1350. The maximum Gasteiger partial charge on any atom is 0.393 e. The Balaban J connectivity index is 1.67. The third kappa shape index (κ3) is 8.31. The molecule has 0 saturated carbocycles. The van der Waals surface area contributed by atoms with Crippen molar-refractivity contribution in [1.82, 2.24) is 20.4 Å². The minimum Gasteiger partial charge on any atom is -0.468 e. The average molecular weight is 625 g/mol. The minimum atomic E-state index is -3.76. The number of methoxy groups -OCH3 is 1. The molecule has 12 nitrogen and oxygen atoms in total. The monoisotopic (exact) mass is 624 g/mol. The van der Waals surface area contributed by atoms with Gasteiger partial charge in [0.05, 0.1) is 28.4 Å². The van der Waals surface area contributed by atoms with Crippen molar-refractivity contribution in [3.05, 3.63) is 75.5 Å². The fourth-order valence-electron chi connectivity index (χ4n) is 4.00. The summed E-state index contributed by atoms with van der Waals surface area (Å²) >= 11 is 12.1. The van der Waals surface area contributed by atoms with Crippen LogP contribution in [-0.2, 0) is 18.9 Å². The Morgan fingerprint density at radius 3 is 2.27 bits per heavy atom. The first kappa shape index (κ1) is 32.1. The Kier molecular flexibility index (Phi) is 11.3. The summed E-state index contributed by atoms with van der Waals surface area (Å²) < 4.78 is 26.2. The van der Waals surface area contributed by atoms with Crippen molar-refractivity contribution in [1.29, 1.82) is 5.41 Å². The highest BCUT2D eigenvalue weighted by Gasteiger charge is 2.39. The van der Waals surface area contributed by atoms with Crippen LogP contribution in [0.4, 0.5) is 0 Å². The number of ether oxygens (including phenoxy) is 1. The number of esters is 1. The van der Waals surface area contributed by atoms with Gasteiger partial charge < -0.3 is 31.0 Å². The molecule has 0 aliphatic carbocycles. The summed E-state index contributed by atoms with van der Waals surface area (Å²) in [6.07, 6.45) is 1.49. The van der Waals surface area contributed by atoms with Gasteiger partial charge >= 0.3 is 13.6 Å². The highest BCUT2D eigenvalue weighted by molar-refractivity contribution is 7.54. The SMILES string of the molecule is COC(=O)[C@H](C)NP(=O)(Oc1ccccc1)N1CCC(NC(=O)/C(N)=C(/C=N)NC(=O)c2c(Cl)cccc2Cl)CC1. The Morgan fingerprint density at radius 2 is 1.71 bits per heavy atom. The van der Waals surface area contributed by atoms with Crippen LogP contribution in [0, 0.1) is 5.41 Å². The lowest BCUT2D eigenvalue weighted by molar-refractivity contribution is -0.142. The Labute approximate surface area is 247 Å². The molecule has 3 rings (SSSR count). The van der Waals surface area contributed by atoms with Gasteiger partial charge in [-0.2, -0.15) is 0 Å². The molecule has 0 aromatic heterocycles. The number of carbonyl (C=O) groups is 3. The summed E-state index contributed by atoms with van der Waals surface area (Å²) in [6, 6.07) is 11.8. The molecule has 1 aliphatic rings. The first-order valence-corrected chi connectivity index (χ1v) is 14.8. The van der Waals surface area contributed by atoms with Gasteiger partial charge in [-0.05, 0) is 44.0 Å². The normalized spacial score (nSPS) is 16.9. The third-order valence-corrected chi connectivity index (χ3v) is 9.13. The quantitative estimate of drug-likeness (QED) is 0.108. The number of benzene rings is 2. The number of amides is 2. The van der Waals surface area contributed by atoms with Gasteiger partial charge in [-0.25, -0.2) is 14.3 Å². The molecule has 2 atom stereocenters. The van der Waals surface area contributed by atoms with Gasteiger partial charge in [0.15, 0.2) is 0 Å². The van der Waals surface area contributed by atoms with Gasteiger partial charge in [-0.15, -0.1) is 0 Å². The molecular weight excluding hydrogens is 594 g/mol. The van der Waals surface area contributed by atoms with Crippen LogP contribution in [0.5, 0.6) is 5.75 Å². The lowest BCUT2D eigenvalue weighted by Crippen LogP contribution is -2.48. The van der Waals surface area contributed by atoms with Crippen LogP contribution in [0.1, 0.15) is 30.1 Å². The topological polar surface area (TPSA) is 176 Å². The van der Waals surface area contributed by atoms with Gasteiger partial charge in [0.1, 0.15) is 17.5 Å². The molecular formula is C26H31Cl2N6O6P. The first-order valence-electron chi connectivity index (χ1n) is 12.5. The summed E-state index contributed by atoms with van der Waals surface area (Å²) in [5.74, 6) is -1.68. The maximum absolute atomic E-state index is 14.0. The minimum absolute atomic E-state index is 0.0203. The fraction of sp³-hybridized carbons (Fsp3) is 0.308. The van der Waals surface area contributed by atoms with Crippen molar-refractivity contribution in [3.63, 3.8) is 0 Å². The summed E-state index contributed by atoms with van der Waals surface area (Å²) in [4.78, 5) is 37.6. The zero-order valence-electron chi connectivity index (χ0n) is 22.4. The van der Waals surface area contributed by atoms with Crippen LogP contribution in [0.15, 0.2) is 59.9 Å². The van der Waals surface area contributed by atoms with Gasteiger partial charge in [0.2, 0.25) is 0 Å². The van der Waals surface area contributed by atoms with Crippen molar-refractivity contribution in [2.75, 3.05) is 20.2 Å². The Hall–Kier alpha value is -3.41. The molecule has 2 aromatic carbocycles. The van der Waals surface area contributed by atoms with E-state index in [1.807, 2.05) is 0 Å². The van der Waals surface area contributed by atoms with Crippen molar-refractivity contribution < 1.29 is 28.2 Å². The molecule has 0 spiro atoms. The fourth-order valence-corrected chi connectivity index (χ4v) is 6.66. The summed E-state index contributed by atoms with van der Waals surface area (Å²) in [6.45, 7) is 2.02. The highest BCUT2D eigenvalue weighted by Crippen LogP contribution is 2.48. The lowest BCUT2D eigenvalue weighted by Gasteiger charge is -2.37. The van der Waals surface area contributed by atoms with E-state index in [1.165, 1.54) is 26.2 Å². The van der Waals surface area contributed by atoms with Gasteiger partial charge in [0, 0.05) is 25.3 Å². The molecule has 1 unspecified atom stereocenters. The van der Waals surface area contributed by atoms with Gasteiger partial charge in [0.25, 0.3) is 11.8 Å². The van der Waals surface area contributed by atoms with E-state index in [9.17, 15) is 18.9 Å². The number of hydrogen-bond acceptors (Lipinski definition) is 8. The smallest absolute Gasteiger partial charge is 0.393 e. The molecule has 41 heavy (non-hydrogen) atoms. The molecule has 1 fully saturated rings. The molecule has 1 heterocycles.